The SMILES string of the molecule is CNC(=O)COc1cc2cc(Nc3nc(N4CCC(F)(F)CC4)ncc3Cl)cc(OC)c2n(C)c1=O. The number of anilines is 3. The van der Waals surface area contributed by atoms with E-state index in [9.17, 15) is 18.4 Å². The fraction of sp³-hybridized carbons (Fsp3) is 0.391. The van der Waals surface area contributed by atoms with Crippen molar-refractivity contribution in [2.45, 2.75) is 18.8 Å². The molecule has 36 heavy (non-hydrogen) atoms. The molecular weight excluding hydrogens is 498 g/mol. The smallest absolute Gasteiger partial charge is 0.293 e. The maximum atomic E-state index is 13.5. The van der Waals surface area contributed by atoms with E-state index in [1.165, 1.54) is 31.0 Å². The molecule has 10 nitrogen and oxygen atoms in total. The number of aromatic nitrogens is 3. The Bertz CT molecular complexity index is 1360. The highest BCUT2D eigenvalue weighted by Gasteiger charge is 2.35. The number of ether oxygens (including phenoxy) is 2. The van der Waals surface area contributed by atoms with Crippen LogP contribution in [0.2, 0.25) is 5.02 Å². The molecule has 4 rings (SSSR count). The van der Waals surface area contributed by atoms with Crippen molar-refractivity contribution in [3.8, 4) is 11.5 Å². The van der Waals surface area contributed by atoms with Crippen molar-refractivity contribution in [2.24, 2.45) is 7.05 Å². The summed E-state index contributed by atoms with van der Waals surface area (Å²) in [5.74, 6) is -2.10. The van der Waals surface area contributed by atoms with Crippen molar-refractivity contribution in [3.05, 3.63) is 39.8 Å². The fourth-order valence-electron chi connectivity index (χ4n) is 3.88. The number of rotatable bonds is 7. The number of likely N-dealkylation sites (N-methyl/N-ethyl adjacent to an activating group) is 1. The molecule has 2 aromatic heterocycles. The predicted octanol–water partition coefficient (Wildman–Crippen LogP) is 3.09. The number of pyridine rings is 1. The molecule has 0 spiro atoms. The highest BCUT2D eigenvalue weighted by molar-refractivity contribution is 6.32. The number of hydrogen-bond donors (Lipinski definition) is 2. The number of fused-ring (bicyclic) bond motifs is 1. The molecule has 1 fully saturated rings. The average Bonchev–Trinajstić information content (AvgIpc) is 2.86. The number of piperidine rings is 1. The van der Waals surface area contributed by atoms with E-state index in [0.29, 0.717) is 22.3 Å². The number of alkyl halides is 2. The van der Waals surface area contributed by atoms with Gasteiger partial charge in [-0.05, 0) is 12.1 Å². The van der Waals surface area contributed by atoms with E-state index in [4.69, 9.17) is 21.1 Å². The van der Waals surface area contributed by atoms with E-state index >= 15 is 0 Å². The Balaban J connectivity index is 1.68. The van der Waals surface area contributed by atoms with Crippen LogP contribution < -0.4 is 30.6 Å². The molecule has 0 aliphatic carbocycles. The molecule has 0 saturated carbocycles. The zero-order chi connectivity index (χ0) is 26.0. The minimum absolute atomic E-state index is 0.00272. The first kappa shape index (κ1) is 25.4. The summed E-state index contributed by atoms with van der Waals surface area (Å²) in [6.07, 6.45) is 0.866. The molecule has 3 aromatic rings. The summed E-state index contributed by atoms with van der Waals surface area (Å²) < 4.78 is 39.4. The topological polar surface area (TPSA) is 111 Å². The Hall–Kier alpha value is -3.67. The normalized spacial score (nSPS) is 15.0. The third kappa shape index (κ3) is 5.27. The minimum Gasteiger partial charge on any atom is -0.494 e. The van der Waals surface area contributed by atoms with E-state index in [1.807, 2.05) is 0 Å². The maximum Gasteiger partial charge on any atom is 0.293 e. The summed E-state index contributed by atoms with van der Waals surface area (Å²) in [5.41, 5.74) is 0.622. The summed E-state index contributed by atoms with van der Waals surface area (Å²) in [6.45, 7) is -0.0520. The molecule has 1 amide bonds. The van der Waals surface area contributed by atoms with Crippen molar-refractivity contribution in [1.82, 2.24) is 19.9 Å². The fourth-order valence-corrected chi connectivity index (χ4v) is 4.02. The number of nitrogens with one attached hydrogen (secondary N) is 2. The van der Waals surface area contributed by atoms with E-state index in [1.54, 1.807) is 24.1 Å². The second-order valence-corrected chi connectivity index (χ2v) is 8.69. The van der Waals surface area contributed by atoms with Gasteiger partial charge in [-0.15, -0.1) is 0 Å². The Morgan fingerprint density at radius 1 is 1.22 bits per heavy atom. The van der Waals surface area contributed by atoms with Crippen molar-refractivity contribution in [2.75, 3.05) is 44.1 Å². The Morgan fingerprint density at radius 3 is 2.61 bits per heavy atom. The Labute approximate surface area is 210 Å². The zero-order valence-electron chi connectivity index (χ0n) is 19.9. The van der Waals surface area contributed by atoms with Crippen LogP contribution in [-0.4, -0.2) is 60.2 Å². The predicted molar refractivity (Wildman–Crippen MR) is 132 cm³/mol. The van der Waals surface area contributed by atoms with Crippen LogP contribution in [0.3, 0.4) is 0 Å². The van der Waals surface area contributed by atoms with E-state index in [0.717, 1.165) is 0 Å². The highest BCUT2D eigenvalue weighted by Crippen LogP contribution is 2.34. The second kappa shape index (κ2) is 10.1. The first-order valence-corrected chi connectivity index (χ1v) is 11.5. The van der Waals surface area contributed by atoms with Gasteiger partial charge in [0.2, 0.25) is 5.95 Å². The molecule has 1 aliphatic rings. The molecule has 2 N–H and O–H groups in total. The van der Waals surface area contributed by atoms with Crippen molar-refractivity contribution < 1.29 is 23.0 Å². The van der Waals surface area contributed by atoms with Gasteiger partial charge in [-0.25, -0.2) is 13.8 Å². The van der Waals surface area contributed by atoms with Crippen LogP contribution in [0.25, 0.3) is 10.9 Å². The largest absolute Gasteiger partial charge is 0.494 e. The lowest BCUT2D eigenvalue weighted by atomic mass is 10.1. The van der Waals surface area contributed by atoms with Gasteiger partial charge in [0, 0.05) is 57.2 Å². The molecular formula is C23H25ClF2N6O4. The van der Waals surface area contributed by atoms with E-state index in [2.05, 4.69) is 20.6 Å². The van der Waals surface area contributed by atoms with Gasteiger partial charge in [-0.1, -0.05) is 11.6 Å². The molecule has 0 atom stereocenters. The third-order valence-corrected chi connectivity index (χ3v) is 6.15. The number of nitrogens with zero attached hydrogens (tertiary/aromatic N) is 4. The first-order chi connectivity index (χ1) is 17.1. The van der Waals surface area contributed by atoms with Crippen LogP contribution in [0.4, 0.5) is 26.2 Å². The second-order valence-electron chi connectivity index (χ2n) is 8.29. The van der Waals surface area contributed by atoms with Gasteiger partial charge >= 0.3 is 0 Å². The third-order valence-electron chi connectivity index (χ3n) is 5.87. The van der Waals surface area contributed by atoms with Crippen LogP contribution in [-0.2, 0) is 11.8 Å². The molecule has 1 aliphatic heterocycles. The van der Waals surface area contributed by atoms with Gasteiger partial charge in [0.1, 0.15) is 10.8 Å². The number of carbonyl (C=O) groups is 1. The van der Waals surface area contributed by atoms with Crippen LogP contribution >= 0.6 is 11.6 Å². The van der Waals surface area contributed by atoms with Gasteiger partial charge in [0.25, 0.3) is 17.4 Å². The van der Waals surface area contributed by atoms with Gasteiger partial charge < -0.3 is 29.6 Å². The zero-order valence-corrected chi connectivity index (χ0v) is 20.7. The monoisotopic (exact) mass is 522 g/mol. The lowest BCUT2D eigenvalue weighted by Crippen LogP contribution is -2.40. The van der Waals surface area contributed by atoms with Crippen molar-refractivity contribution >= 4 is 45.9 Å². The maximum absolute atomic E-state index is 13.5. The molecule has 1 aromatic carbocycles. The number of carbonyl (C=O) groups excluding carboxylic acids is 1. The molecule has 1 saturated heterocycles. The quantitative estimate of drug-likeness (QED) is 0.487. The molecule has 0 unspecified atom stereocenters. The van der Waals surface area contributed by atoms with Crippen LogP contribution in [0.1, 0.15) is 12.8 Å². The lowest BCUT2D eigenvalue weighted by Gasteiger charge is -2.31. The summed E-state index contributed by atoms with van der Waals surface area (Å²) in [5, 5.41) is 6.37. The van der Waals surface area contributed by atoms with Crippen LogP contribution in [0.5, 0.6) is 11.5 Å². The van der Waals surface area contributed by atoms with Crippen molar-refractivity contribution in [1.29, 1.82) is 0 Å². The van der Waals surface area contributed by atoms with E-state index in [-0.39, 0.29) is 61.0 Å². The van der Waals surface area contributed by atoms with Gasteiger partial charge in [-0.2, -0.15) is 4.98 Å². The molecule has 0 radical (unpaired) electrons. The number of benzene rings is 1. The van der Waals surface area contributed by atoms with Crippen molar-refractivity contribution in [3.63, 3.8) is 0 Å². The number of methoxy groups -OCH3 is 1. The Morgan fingerprint density at radius 2 is 1.94 bits per heavy atom. The van der Waals surface area contributed by atoms with E-state index < -0.39 is 11.5 Å². The molecule has 0 bridgehead atoms. The summed E-state index contributed by atoms with van der Waals surface area (Å²) in [6, 6.07) is 4.94. The number of amides is 1. The first-order valence-electron chi connectivity index (χ1n) is 11.1. The summed E-state index contributed by atoms with van der Waals surface area (Å²) in [7, 11) is 4.51. The number of hydrogen-bond acceptors (Lipinski definition) is 8. The Kier molecular flexibility index (Phi) is 7.16. The van der Waals surface area contributed by atoms with Gasteiger partial charge in [0.15, 0.2) is 18.2 Å². The van der Waals surface area contributed by atoms with Crippen LogP contribution in [0, 0.1) is 0 Å². The number of halogens is 3. The lowest BCUT2D eigenvalue weighted by molar-refractivity contribution is -0.122. The van der Waals surface area contributed by atoms with Gasteiger partial charge in [-0.3, -0.25) is 9.59 Å². The summed E-state index contributed by atoms with van der Waals surface area (Å²) in [4.78, 5) is 34.6. The molecule has 13 heteroatoms. The molecule has 3 heterocycles. The van der Waals surface area contributed by atoms with Gasteiger partial charge in [0.05, 0.1) is 18.8 Å². The number of aryl methyl sites for hydroxylation is 1. The standard InChI is InChI=1S/C23H25ClF2N6O4/c1-27-18(33)12-36-17-9-13-8-14(10-16(35-3)19(13)31(2)21(17)34)29-20-15(24)11-28-22(30-20)32-6-4-23(25,26)5-7-32/h8-11H,4-7,12H2,1-3H3,(H,27,33)(H,28,29,30). The summed E-state index contributed by atoms with van der Waals surface area (Å²) >= 11 is 6.32. The minimum atomic E-state index is -2.69. The average molecular weight is 523 g/mol. The molecule has 192 valence electrons. The van der Waals surface area contributed by atoms with Crippen LogP contribution in [0.15, 0.2) is 29.2 Å². The highest BCUT2D eigenvalue weighted by atomic mass is 35.5.